The largest absolute Gasteiger partial charge is 0.381 e. The van der Waals surface area contributed by atoms with Crippen molar-refractivity contribution in [1.82, 2.24) is 9.97 Å². The Bertz CT molecular complexity index is 298. The van der Waals surface area contributed by atoms with Crippen molar-refractivity contribution in [2.45, 2.75) is 18.4 Å². The molecule has 0 atom stereocenters. The molecule has 82 valence electrons. The monoisotopic (exact) mass is 208 g/mol. The number of nitrogens with zero attached hydrogens (tertiary/aromatic N) is 2. The molecule has 3 N–H and O–H groups in total. The third-order valence-corrected chi connectivity index (χ3v) is 2.78. The number of hydrogen-bond acceptors (Lipinski definition) is 5. The lowest BCUT2D eigenvalue weighted by Crippen LogP contribution is -2.50. The van der Waals surface area contributed by atoms with E-state index in [1.165, 1.54) is 0 Å². The number of hydrogen-bond donors (Lipinski definition) is 2. The summed E-state index contributed by atoms with van der Waals surface area (Å²) in [7, 11) is 0. The summed E-state index contributed by atoms with van der Waals surface area (Å²) in [4.78, 5) is 8.29. The number of aromatic nitrogens is 2. The Morgan fingerprint density at radius 3 is 2.60 bits per heavy atom. The lowest BCUT2D eigenvalue weighted by Gasteiger charge is -2.36. The van der Waals surface area contributed by atoms with Crippen molar-refractivity contribution < 1.29 is 4.74 Å². The van der Waals surface area contributed by atoms with Gasteiger partial charge in [0.15, 0.2) is 0 Å². The Labute approximate surface area is 89.1 Å². The van der Waals surface area contributed by atoms with Crippen LogP contribution < -0.4 is 11.1 Å². The molecule has 1 aromatic heterocycles. The molecule has 2 rings (SSSR count). The SMILES string of the molecule is NCC1(Nc2ncccn2)CCOCC1. The van der Waals surface area contributed by atoms with Crippen molar-refractivity contribution in [3.05, 3.63) is 18.5 Å². The van der Waals surface area contributed by atoms with Crippen LogP contribution in [0.1, 0.15) is 12.8 Å². The predicted octanol–water partition coefficient (Wildman–Crippen LogP) is 0.396. The molecular formula is C10H16N4O. The number of nitrogens with two attached hydrogens (primary N) is 1. The van der Waals surface area contributed by atoms with Gasteiger partial charge in [-0.15, -0.1) is 0 Å². The van der Waals surface area contributed by atoms with Crippen LogP contribution in [0, 0.1) is 0 Å². The van der Waals surface area contributed by atoms with E-state index in [-0.39, 0.29) is 5.54 Å². The van der Waals surface area contributed by atoms with E-state index in [0.29, 0.717) is 12.5 Å². The van der Waals surface area contributed by atoms with E-state index >= 15 is 0 Å². The van der Waals surface area contributed by atoms with Gasteiger partial charge in [-0.05, 0) is 18.9 Å². The van der Waals surface area contributed by atoms with Gasteiger partial charge in [-0.1, -0.05) is 0 Å². The smallest absolute Gasteiger partial charge is 0.223 e. The first kappa shape index (κ1) is 10.3. The van der Waals surface area contributed by atoms with Gasteiger partial charge in [-0.3, -0.25) is 0 Å². The van der Waals surface area contributed by atoms with E-state index in [4.69, 9.17) is 10.5 Å². The highest BCUT2D eigenvalue weighted by Gasteiger charge is 2.31. The van der Waals surface area contributed by atoms with Crippen LogP contribution in [-0.2, 0) is 4.74 Å². The fourth-order valence-corrected chi connectivity index (χ4v) is 1.74. The molecule has 1 aliphatic rings. The van der Waals surface area contributed by atoms with Gasteiger partial charge in [0, 0.05) is 32.2 Å². The Balaban J connectivity index is 2.07. The molecule has 1 saturated heterocycles. The molecule has 1 fully saturated rings. The summed E-state index contributed by atoms with van der Waals surface area (Å²) in [6, 6.07) is 1.80. The summed E-state index contributed by atoms with van der Waals surface area (Å²) in [5, 5.41) is 3.32. The first-order valence-electron chi connectivity index (χ1n) is 5.18. The maximum absolute atomic E-state index is 5.81. The summed E-state index contributed by atoms with van der Waals surface area (Å²) in [5.74, 6) is 0.643. The molecule has 5 heteroatoms. The molecule has 15 heavy (non-hydrogen) atoms. The zero-order chi connectivity index (χ0) is 10.6. The van der Waals surface area contributed by atoms with E-state index in [0.717, 1.165) is 26.1 Å². The van der Waals surface area contributed by atoms with Crippen molar-refractivity contribution in [2.75, 3.05) is 25.1 Å². The van der Waals surface area contributed by atoms with Crippen LogP contribution in [0.25, 0.3) is 0 Å². The molecule has 0 unspecified atom stereocenters. The molecule has 0 bridgehead atoms. The predicted molar refractivity (Wildman–Crippen MR) is 57.5 cm³/mol. The van der Waals surface area contributed by atoms with Crippen LogP contribution in [0.15, 0.2) is 18.5 Å². The maximum Gasteiger partial charge on any atom is 0.223 e. The minimum atomic E-state index is -0.0976. The Kier molecular flexibility index (Phi) is 3.13. The van der Waals surface area contributed by atoms with Crippen molar-refractivity contribution in [2.24, 2.45) is 5.73 Å². The number of ether oxygens (including phenoxy) is 1. The molecule has 0 saturated carbocycles. The summed E-state index contributed by atoms with van der Waals surface area (Å²) in [6.45, 7) is 2.07. The topological polar surface area (TPSA) is 73.1 Å². The molecule has 0 aliphatic carbocycles. The Morgan fingerprint density at radius 2 is 2.00 bits per heavy atom. The fraction of sp³-hybridized carbons (Fsp3) is 0.600. The third-order valence-electron chi connectivity index (χ3n) is 2.78. The van der Waals surface area contributed by atoms with Crippen molar-refractivity contribution in [3.63, 3.8) is 0 Å². The summed E-state index contributed by atoms with van der Waals surface area (Å²) in [6.07, 6.45) is 5.25. The van der Waals surface area contributed by atoms with E-state index < -0.39 is 0 Å². The second-order valence-corrected chi connectivity index (χ2v) is 3.79. The molecule has 1 aliphatic heterocycles. The van der Waals surface area contributed by atoms with Crippen LogP contribution in [0.2, 0.25) is 0 Å². The van der Waals surface area contributed by atoms with Crippen molar-refractivity contribution in [3.8, 4) is 0 Å². The summed E-state index contributed by atoms with van der Waals surface area (Å²) < 4.78 is 5.33. The molecule has 5 nitrogen and oxygen atoms in total. The van der Waals surface area contributed by atoms with Crippen molar-refractivity contribution >= 4 is 5.95 Å². The van der Waals surface area contributed by atoms with Gasteiger partial charge in [0.05, 0.1) is 5.54 Å². The summed E-state index contributed by atoms with van der Waals surface area (Å²) >= 11 is 0. The van der Waals surface area contributed by atoms with Gasteiger partial charge in [-0.2, -0.15) is 0 Å². The van der Waals surface area contributed by atoms with Crippen LogP contribution in [-0.4, -0.2) is 35.3 Å². The minimum absolute atomic E-state index is 0.0976. The van der Waals surface area contributed by atoms with Gasteiger partial charge in [-0.25, -0.2) is 9.97 Å². The molecule has 1 aromatic rings. The summed E-state index contributed by atoms with van der Waals surface area (Å²) in [5.41, 5.74) is 5.71. The van der Waals surface area contributed by atoms with Crippen LogP contribution in [0.5, 0.6) is 0 Å². The second kappa shape index (κ2) is 4.55. The third kappa shape index (κ3) is 2.43. The Morgan fingerprint density at radius 1 is 1.33 bits per heavy atom. The standard InChI is InChI=1S/C10H16N4O/c11-8-10(2-6-15-7-3-10)14-9-12-4-1-5-13-9/h1,4-5H,2-3,6-8,11H2,(H,12,13,14). The number of anilines is 1. The van der Waals surface area contributed by atoms with E-state index in [1.807, 2.05) is 0 Å². The molecule has 2 heterocycles. The first-order chi connectivity index (χ1) is 7.35. The lowest BCUT2D eigenvalue weighted by molar-refractivity contribution is 0.0625. The van der Waals surface area contributed by atoms with E-state index in [9.17, 15) is 0 Å². The van der Waals surface area contributed by atoms with Gasteiger partial charge in [0.1, 0.15) is 0 Å². The lowest BCUT2D eigenvalue weighted by atomic mass is 9.90. The normalized spacial score (nSPS) is 19.8. The molecule has 0 radical (unpaired) electrons. The fourth-order valence-electron chi connectivity index (χ4n) is 1.74. The van der Waals surface area contributed by atoms with E-state index in [1.54, 1.807) is 18.5 Å². The minimum Gasteiger partial charge on any atom is -0.381 e. The van der Waals surface area contributed by atoms with Crippen LogP contribution >= 0.6 is 0 Å². The molecule has 0 amide bonds. The molecular weight excluding hydrogens is 192 g/mol. The zero-order valence-corrected chi connectivity index (χ0v) is 8.65. The molecule has 0 spiro atoms. The van der Waals surface area contributed by atoms with Gasteiger partial charge in [0.25, 0.3) is 0 Å². The number of nitrogens with one attached hydrogen (secondary N) is 1. The maximum atomic E-state index is 5.81. The Hall–Kier alpha value is -1.20. The zero-order valence-electron chi connectivity index (χ0n) is 8.65. The highest BCUT2D eigenvalue weighted by Crippen LogP contribution is 2.22. The second-order valence-electron chi connectivity index (χ2n) is 3.79. The highest BCUT2D eigenvalue weighted by atomic mass is 16.5. The number of rotatable bonds is 3. The first-order valence-corrected chi connectivity index (χ1v) is 5.18. The average molecular weight is 208 g/mol. The van der Waals surface area contributed by atoms with Gasteiger partial charge >= 0.3 is 0 Å². The van der Waals surface area contributed by atoms with Crippen molar-refractivity contribution in [1.29, 1.82) is 0 Å². The van der Waals surface area contributed by atoms with Crippen LogP contribution in [0.3, 0.4) is 0 Å². The van der Waals surface area contributed by atoms with Gasteiger partial charge < -0.3 is 15.8 Å². The van der Waals surface area contributed by atoms with E-state index in [2.05, 4.69) is 15.3 Å². The average Bonchev–Trinajstić information content (AvgIpc) is 2.32. The van der Waals surface area contributed by atoms with Gasteiger partial charge in [0.2, 0.25) is 5.95 Å². The van der Waals surface area contributed by atoms with Crippen LogP contribution in [0.4, 0.5) is 5.95 Å². The highest BCUT2D eigenvalue weighted by molar-refractivity contribution is 5.28. The quantitative estimate of drug-likeness (QED) is 0.752. The molecule has 0 aromatic carbocycles.